The Morgan fingerprint density at radius 2 is 1.53 bits per heavy atom. The molecule has 0 aliphatic heterocycles. The molecule has 8 heteroatoms. The highest BCUT2D eigenvalue weighted by atomic mass is 32.2. The van der Waals surface area contributed by atoms with Gasteiger partial charge in [0.15, 0.2) is 9.84 Å². The van der Waals surface area contributed by atoms with Crippen molar-refractivity contribution in [3.05, 3.63) is 89.2 Å². The first-order chi connectivity index (χ1) is 14.1. The largest absolute Gasteiger partial charge is 0.264 e. The molecular weight excluding hydrogens is 420 g/mol. The van der Waals surface area contributed by atoms with Crippen LogP contribution < -0.4 is 4.72 Å². The number of sulfone groups is 1. The molecule has 0 unspecified atom stereocenters. The average molecular weight is 445 g/mol. The lowest BCUT2D eigenvalue weighted by Crippen LogP contribution is -2.32. The summed E-state index contributed by atoms with van der Waals surface area (Å²) in [6, 6.07) is 14.8. The van der Waals surface area contributed by atoms with Crippen LogP contribution in [0.1, 0.15) is 27.5 Å². The Morgan fingerprint density at radius 3 is 2.10 bits per heavy atom. The van der Waals surface area contributed by atoms with Crippen LogP contribution >= 0.6 is 0 Å². The number of rotatable bonds is 7. The Labute approximate surface area is 178 Å². The van der Waals surface area contributed by atoms with Gasteiger partial charge in [0.1, 0.15) is 5.25 Å². The molecule has 3 rings (SSSR count). The van der Waals surface area contributed by atoms with Crippen LogP contribution in [0.4, 0.5) is 0 Å². The average Bonchev–Trinajstić information content (AvgIpc) is 2.68. The summed E-state index contributed by atoms with van der Waals surface area (Å²) in [5, 5.41) is -1.12. The molecule has 0 bridgehead atoms. The summed E-state index contributed by atoms with van der Waals surface area (Å²) in [5.74, 6) is 0. The Morgan fingerprint density at radius 1 is 0.900 bits per heavy atom. The van der Waals surface area contributed by atoms with Gasteiger partial charge in [-0.05, 0) is 55.7 Å². The molecular formula is C22H24N2O4S2. The topological polar surface area (TPSA) is 93.2 Å². The fourth-order valence-corrected chi connectivity index (χ4v) is 6.86. The number of benzene rings is 2. The lowest BCUT2D eigenvalue weighted by Gasteiger charge is -2.20. The number of nitrogens with one attached hydrogen (secondary N) is 1. The molecule has 0 radical (unpaired) electrons. The van der Waals surface area contributed by atoms with Gasteiger partial charge in [-0.15, -0.1) is 0 Å². The predicted octanol–water partition coefficient (Wildman–Crippen LogP) is 3.50. The summed E-state index contributed by atoms with van der Waals surface area (Å²) in [7, 11) is -7.77. The third-order valence-corrected chi connectivity index (χ3v) is 8.68. The second-order valence-electron chi connectivity index (χ2n) is 7.21. The van der Waals surface area contributed by atoms with Gasteiger partial charge in [-0.3, -0.25) is 4.98 Å². The quantitative estimate of drug-likeness (QED) is 0.602. The lowest BCUT2D eigenvalue weighted by molar-refractivity contribution is 0.568. The zero-order valence-corrected chi connectivity index (χ0v) is 18.7. The SMILES string of the molecule is Cc1cc(C)c(S(=O)(=O)NC[C@@H](c2cccnc2)S(=O)(=O)c2ccccc2)c(C)c1. The molecule has 0 amide bonds. The lowest BCUT2D eigenvalue weighted by atomic mass is 10.1. The molecule has 1 aromatic heterocycles. The first kappa shape index (κ1) is 22.1. The van der Waals surface area contributed by atoms with Gasteiger partial charge in [-0.2, -0.15) is 0 Å². The first-order valence-corrected chi connectivity index (χ1v) is 12.4. The molecule has 3 aromatic rings. The molecule has 0 spiro atoms. The molecule has 0 saturated heterocycles. The van der Waals surface area contributed by atoms with Crippen molar-refractivity contribution in [2.75, 3.05) is 6.54 Å². The van der Waals surface area contributed by atoms with E-state index in [1.54, 1.807) is 62.5 Å². The van der Waals surface area contributed by atoms with E-state index in [1.807, 2.05) is 6.92 Å². The van der Waals surface area contributed by atoms with Crippen molar-refractivity contribution in [2.24, 2.45) is 0 Å². The van der Waals surface area contributed by atoms with Crippen LogP contribution in [-0.2, 0) is 19.9 Å². The minimum absolute atomic E-state index is 0.126. The zero-order chi connectivity index (χ0) is 21.9. The second kappa shape index (κ2) is 8.67. The smallest absolute Gasteiger partial charge is 0.241 e. The van der Waals surface area contributed by atoms with Gasteiger partial charge >= 0.3 is 0 Å². The fraction of sp³-hybridized carbons (Fsp3) is 0.227. The van der Waals surface area contributed by atoms with Crippen molar-refractivity contribution in [1.29, 1.82) is 0 Å². The minimum Gasteiger partial charge on any atom is -0.264 e. The van der Waals surface area contributed by atoms with E-state index in [1.165, 1.54) is 18.3 Å². The van der Waals surface area contributed by atoms with E-state index in [0.29, 0.717) is 16.7 Å². The third kappa shape index (κ3) is 4.61. The van der Waals surface area contributed by atoms with E-state index in [2.05, 4.69) is 9.71 Å². The molecule has 158 valence electrons. The maximum absolute atomic E-state index is 13.3. The number of hydrogen-bond acceptors (Lipinski definition) is 5. The van der Waals surface area contributed by atoms with Gasteiger partial charge in [-0.25, -0.2) is 21.6 Å². The van der Waals surface area contributed by atoms with Gasteiger partial charge in [0.2, 0.25) is 10.0 Å². The van der Waals surface area contributed by atoms with Gasteiger partial charge in [0.05, 0.1) is 9.79 Å². The van der Waals surface area contributed by atoms with E-state index >= 15 is 0 Å². The normalized spacial score (nSPS) is 13.2. The van der Waals surface area contributed by atoms with Gasteiger partial charge in [0.25, 0.3) is 0 Å². The Kier molecular flexibility index (Phi) is 6.40. The van der Waals surface area contributed by atoms with Gasteiger partial charge < -0.3 is 0 Å². The molecule has 0 saturated carbocycles. The maximum Gasteiger partial charge on any atom is 0.241 e. The van der Waals surface area contributed by atoms with Crippen molar-refractivity contribution in [1.82, 2.24) is 9.71 Å². The standard InChI is InChI=1S/C22H24N2O4S2/c1-16-12-17(2)22(18(3)13-16)30(27,28)24-15-21(19-8-7-11-23-14-19)29(25,26)20-9-5-4-6-10-20/h4-14,21,24H,15H2,1-3H3/t21-/m0/s1. The molecule has 0 aliphatic carbocycles. The predicted molar refractivity (Wildman–Crippen MR) is 116 cm³/mol. The van der Waals surface area contributed by atoms with Gasteiger partial charge in [-0.1, -0.05) is 42.0 Å². The number of aromatic nitrogens is 1. The second-order valence-corrected chi connectivity index (χ2v) is 11.0. The number of pyridine rings is 1. The summed E-state index contributed by atoms with van der Waals surface area (Å²) in [6.45, 7) is 5.05. The maximum atomic E-state index is 13.3. The molecule has 1 heterocycles. The molecule has 30 heavy (non-hydrogen) atoms. The number of hydrogen-bond donors (Lipinski definition) is 1. The Balaban J connectivity index is 2.00. The minimum atomic E-state index is -3.92. The van der Waals surface area contributed by atoms with Crippen molar-refractivity contribution >= 4 is 19.9 Å². The summed E-state index contributed by atoms with van der Waals surface area (Å²) in [6.07, 6.45) is 2.99. The van der Waals surface area contributed by atoms with E-state index in [9.17, 15) is 16.8 Å². The number of nitrogens with zero attached hydrogens (tertiary/aromatic N) is 1. The van der Waals surface area contributed by atoms with Crippen LogP contribution in [-0.4, -0.2) is 28.4 Å². The Hall–Kier alpha value is -2.55. The monoisotopic (exact) mass is 444 g/mol. The van der Waals surface area contributed by atoms with E-state index in [-0.39, 0.29) is 16.3 Å². The molecule has 1 N–H and O–H groups in total. The van der Waals surface area contributed by atoms with E-state index in [4.69, 9.17) is 0 Å². The molecule has 0 aliphatic rings. The van der Waals surface area contributed by atoms with Crippen molar-refractivity contribution in [2.45, 2.75) is 35.8 Å². The third-order valence-electron chi connectivity index (χ3n) is 4.83. The van der Waals surface area contributed by atoms with E-state index in [0.717, 1.165) is 5.56 Å². The summed E-state index contributed by atoms with van der Waals surface area (Å²) in [5.41, 5.74) is 2.61. The molecule has 0 fully saturated rings. The van der Waals surface area contributed by atoms with Crippen LogP contribution in [0.5, 0.6) is 0 Å². The van der Waals surface area contributed by atoms with Crippen molar-refractivity contribution in [3.63, 3.8) is 0 Å². The zero-order valence-electron chi connectivity index (χ0n) is 17.0. The fourth-order valence-electron chi connectivity index (χ4n) is 3.60. The highest BCUT2D eigenvalue weighted by Gasteiger charge is 2.31. The van der Waals surface area contributed by atoms with Crippen LogP contribution in [0.2, 0.25) is 0 Å². The van der Waals surface area contributed by atoms with Gasteiger partial charge in [0, 0.05) is 18.9 Å². The molecule has 6 nitrogen and oxygen atoms in total. The summed E-state index contributed by atoms with van der Waals surface area (Å²) in [4.78, 5) is 4.31. The van der Waals surface area contributed by atoms with Crippen LogP contribution in [0.3, 0.4) is 0 Å². The molecule has 1 atom stereocenters. The van der Waals surface area contributed by atoms with Crippen LogP contribution in [0, 0.1) is 20.8 Å². The summed E-state index contributed by atoms with van der Waals surface area (Å²) < 4.78 is 55.2. The first-order valence-electron chi connectivity index (χ1n) is 9.39. The molecule has 2 aromatic carbocycles. The number of aryl methyl sites for hydroxylation is 3. The van der Waals surface area contributed by atoms with Crippen LogP contribution in [0.25, 0.3) is 0 Å². The number of sulfonamides is 1. The van der Waals surface area contributed by atoms with E-state index < -0.39 is 25.1 Å². The van der Waals surface area contributed by atoms with Crippen LogP contribution in [0.15, 0.2) is 76.8 Å². The highest BCUT2D eigenvalue weighted by Crippen LogP contribution is 2.29. The Bertz CT molecular complexity index is 1220. The highest BCUT2D eigenvalue weighted by molar-refractivity contribution is 7.92. The van der Waals surface area contributed by atoms with Crippen molar-refractivity contribution in [3.8, 4) is 0 Å². The summed E-state index contributed by atoms with van der Waals surface area (Å²) >= 11 is 0. The van der Waals surface area contributed by atoms with Crippen molar-refractivity contribution < 1.29 is 16.8 Å².